The minimum atomic E-state index is -3.66. The molecule has 1 aliphatic heterocycles. The van der Waals surface area contributed by atoms with Crippen LogP contribution < -0.4 is 4.74 Å². The van der Waals surface area contributed by atoms with Crippen molar-refractivity contribution in [3.8, 4) is 5.75 Å². The number of ether oxygens (including phenoxy) is 1. The number of benzene rings is 2. The van der Waals surface area contributed by atoms with E-state index >= 15 is 0 Å². The first-order valence-electron chi connectivity index (χ1n) is 9.80. The molecule has 0 saturated carbocycles. The predicted molar refractivity (Wildman–Crippen MR) is 117 cm³/mol. The van der Waals surface area contributed by atoms with Gasteiger partial charge in [0, 0.05) is 12.3 Å². The van der Waals surface area contributed by atoms with Crippen LogP contribution in [0.15, 0.2) is 53.4 Å². The Balaban J connectivity index is 1.56. The lowest BCUT2D eigenvalue weighted by atomic mass is 10.1. The monoisotopic (exact) mass is 433 g/mol. The zero-order valence-corrected chi connectivity index (χ0v) is 18.5. The molecular weight excluding hydrogens is 406 g/mol. The Labute approximate surface area is 177 Å². The quantitative estimate of drug-likeness (QED) is 0.588. The molecule has 2 aromatic rings. The summed E-state index contributed by atoms with van der Waals surface area (Å²) in [6.45, 7) is 2.19. The van der Waals surface area contributed by atoms with Crippen LogP contribution in [0.1, 0.15) is 30.4 Å². The molecule has 0 N–H and O–H groups in total. The van der Waals surface area contributed by atoms with E-state index in [1.165, 1.54) is 21.6 Å². The first-order chi connectivity index (χ1) is 13.9. The number of hydrogen-bond donors (Lipinski definition) is 0. The highest BCUT2D eigenvalue weighted by atomic mass is 32.2. The summed E-state index contributed by atoms with van der Waals surface area (Å²) in [5, 5.41) is -0.0469. The highest BCUT2D eigenvalue weighted by molar-refractivity contribution is 8.13. The predicted octanol–water partition coefficient (Wildman–Crippen LogP) is 4.05. The lowest BCUT2D eigenvalue weighted by Crippen LogP contribution is -2.39. The third-order valence-corrected chi connectivity index (χ3v) is 8.29. The van der Waals surface area contributed by atoms with Gasteiger partial charge in [0.05, 0.1) is 18.0 Å². The second kappa shape index (κ2) is 9.78. The van der Waals surface area contributed by atoms with Crippen molar-refractivity contribution in [3.63, 3.8) is 0 Å². The molecule has 3 rings (SSSR count). The molecule has 1 aliphatic rings. The molecule has 0 radical (unpaired) electrons. The number of hydrogen-bond acceptors (Lipinski definition) is 5. The van der Waals surface area contributed by atoms with Crippen LogP contribution in [-0.4, -0.2) is 43.3 Å². The van der Waals surface area contributed by atoms with E-state index in [-0.39, 0.29) is 5.12 Å². The van der Waals surface area contributed by atoms with E-state index in [1.807, 2.05) is 30.3 Å². The third-order valence-electron chi connectivity index (χ3n) is 5.17. The van der Waals surface area contributed by atoms with Gasteiger partial charge in [-0.1, -0.05) is 42.1 Å². The Morgan fingerprint density at radius 1 is 1.17 bits per heavy atom. The summed E-state index contributed by atoms with van der Waals surface area (Å²) in [6, 6.07) is 14.3. The van der Waals surface area contributed by atoms with Crippen LogP contribution in [0.5, 0.6) is 5.75 Å². The Morgan fingerprint density at radius 3 is 2.59 bits per heavy atom. The standard InChI is InChI=1S/C22H27NO4S2/c1-17-7-3-4-10-21(17)29(25,26)23-15-5-9-20(23)22(24)28-16-6-8-18-11-13-19(27-2)14-12-18/h3-4,7,10-14,20H,5-6,8-9,15-16H2,1-2H3. The first kappa shape index (κ1) is 21.9. The number of methoxy groups -OCH3 is 1. The van der Waals surface area contributed by atoms with Crippen molar-refractivity contribution in [2.45, 2.75) is 43.5 Å². The normalized spacial score (nSPS) is 17.4. The molecule has 1 heterocycles. The van der Waals surface area contributed by atoms with Crippen molar-refractivity contribution in [2.24, 2.45) is 0 Å². The van der Waals surface area contributed by atoms with Crippen LogP contribution in [0, 0.1) is 6.92 Å². The minimum Gasteiger partial charge on any atom is -0.497 e. The van der Waals surface area contributed by atoms with Gasteiger partial charge in [-0.05, 0) is 61.9 Å². The van der Waals surface area contributed by atoms with Crippen molar-refractivity contribution >= 4 is 26.9 Å². The molecule has 0 spiro atoms. The van der Waals surface area contributed by atoms with Gasteiger partial charge < -0.3 is 4.74 Å². The summed E-state index contributed by atoms with van der Waals surface area (Å²) in [6.07, 6.45) is 3.05. The van der Waals surface area contributed by atoms with E-state index < -0.39 is 16.1 Å². The van der Waals surface area contributed by atoms with E-state index in [0.717, 1.165) is 18.6 Å². The second-order valence-corrected chi connectivity index (χ2v) is 10.1. The fourth-order valence-corrected chi connectivity index (χ4v) is 6.45. The molecule has 1 unspecified atom stereocenters. The number of carbonyl (C=O) groups is 1. The third kappa shape index (κ3) is 5.21. The Morgan fingerprint density at radius 2 is 1.90 bits per heavy atom. The molecule has 0 amide bonds. The smallest absolute Gasteiger partial charge is 0.244 e. The van der Waals surface area contributed by atoms with E-state index in [1.54, 1.807) is 32.2 Å². The van der Waals surface area contributed by atoms with E-state index in [9.17, 15) is 13.2 Å². The van der Waals surface area contributed by atoms with Crippen molar-refractivity contribution < 1.29 is 17.9 Å². The largest absolute Gasteiger partial charge is 0.497 e. The molecular formula is C22H27NO4S2. The average Bonchev–Trinajstić information content (AvgIpc) is 3.23. The zero-order valence-electron chi connectivity index (χ0n) is 16.8. The SMILES string of the molecule is COc1ccc(CCCSC(=O)C2CCCN2S(=O)(=O)c2ccccc2C)cc1. The van der Waals surface area contributed by atoms with E-state index in [4.69, 9.17) is 4.74 Å². The van der Waals surface area contributed by atoms with Gasteiger partial charge in [0.2, 0.25) is 15.1 Å². The summed E-state index contributed by atoms with van der Waals surface area (Å²) in [7, 11) is -2.01. The Bertz CT molecular complexity index is 942. The van der Waals surface area contributed by atoms with Crippen molar-refractivity contribution in [1.82, 2.24) is 4.31 Å². The molecule has 1 atom stereocenters. The topological polar surface area (TPSA) is 63.7 Å². The van der Waals surface area contributed by atoms with Gasteiger partial charge >= 0.3 is 0 Å². The summed E-state index contributed by atoms with van der Waals surface area (Å²) in [5.41, 5.74) is 1.90. The molecule has 0 aromatic heterocycles. The minimum absolute atomic E-state index is 0.0469. The lowest BCUT2D eigenvalue weighted by molar-refractivity contribution is -0.113. The molecule has 29 heavy (non-hydrogen) atoms. The Kier molecular flexibility index (Phi) is 7.38. The van der Waals surface area contributed by atoms with Crippen LogP contribution in [-0.2, 0) is 21.2 Å². The number of aryl methyl sites for hydroxylation is 2. The number of rotatable bonds is 8. The maximum absolute atomic E-state index is 13.1. The van der Waals surface area contributed by atoms with Crippen LogP contribution in [0.2, 0.25) is 0 Å². The molecule has 156 valence electrons. The molecule has 1 saturated heterocycles. The molecule has 7 heteroatoms. The van der Waals surface area contributed by atoms with Gasteiger partial charge in [-0.3, -0.25) is 4.79 Å². The molecule has 1 fully saturated rings. The average molecular weight is 434 g/mol. The van der Waals surface area contributed by atoms with Gasteiger partial charge in [0.25, 0.3) is 0 Å². The highest BCUT2D eigenvalue weighted by Gasteiger charge is 2.39. The van der Waals surface area contributed by atoms with Crippen molar-refractivity contribution in [1.29, 1.82) is 0 Å². The molecule has 2 aromatic carbocycles. The zero-order chi connectivity index (χ0) is 20.9. The van der Waals surface area contributed by atoms with Crippen LogP contribution in [0.3, 0.4) is 0 Å². The van der Waals surface area contributed by atoms with E-state index in [0.29, 0.717) is 35.6 Å². The van der Waals surface area contributed by atoms with Gasteiger partial charge in [-0.2, -0.15) is 4.31 Å². The molecule has 5 nitrogen and oxygen atoms in total. The summed E-state index contributed by atoms with van der Waals surface area (Å²) in [5.74, 6) is 1.51. The molecule has 0 bridgehead atoms. The summed E-state index contributed by atoms with van der Waals surface area (Å²) >= 11 is 1.25. The van der Waals surface area contributed by atoms with Crippen molar-refractivity contribution in [3.05, 3.63) is 59.7 Å². The number of thioether (sulfide) groups is 1. The first-order valence-corrected chi connectivity index (χ1v) is 12.2. The second-order valence-electron chi connectivity index (χ2n) is 7.16. The van der Waals surface area contributed by atoms with Crippen LogP contribution >= 0.6 is 11.8 Å². The van der Waals surface area contributed by atoms with Gasteiger partial charge in [-0.15, -0.1) is 0 Å². The summed E-state index contributed by atoms with van der Waals surface area (Å²) < 4.78 is 32.7. The van der Waals surface area contributed by atoms with Crippen LogP contribution in [0.4, 0.5) is 0 Å². The Hall–Kier alpha value is -1.83. The summed E-state index contributed by atoms with van der Waals surface area (Å²) in [4.78, 5) is 13.0. The van der Waals surface area contributed by atoms with Crippen LogP contribution in [0.25, 0.3) is 0 Å². The number of sulfonamides is 1. The number of nitrogens with zero attached hydrogens (tertiary/aromatic N) is 1. The van der Waals surface area contributed by atoms with E-state index in [2.05, 4.69) is 0 Å². The fraction of sp³-hybridized carbons (Fsp3) is 0.409. The van der Waals surface area contributed by atoms with Gasteiger partial charge in [0.1, 0.15) is 5.75 Å². The molecule has 0 aliphatic carbocycles. The van der Waals surface area contributed by atoms with Gasteiger partial charge in [0.15, 0.2) is 0 Å². The highest BCUT2D eigenvalue weighted by Crippen LogP contribution is 2.30. The van der Waals surface area contributed by atoms with Gasteiger partial charge in [-0.25, -0.2) is 8.42 Å². The maximum Gasteiger partial charge on any atom is 0.244 e. The lowest BCUT2D eigenvalue weighted by Gasteiger charge is -2.23. The van der Waals surface area contributed by atoms with Crippen molar-refractivity contribution in [2.75, 3.05) is 19.4 Å². The maximum atomic E-state index is 13.1. The number of carbonyl (C=O) groups excluding carboxylic acids is 1. The fourth-order valence-electron chi connectivity index (χ4n) is 3.57.